The van der Waals surface area contributed by atoms with Crippen molar-refractivity contribution in [2.75, 3.05) is 12.4 Å². The second-order valence-electron chi connectivity index (χ2n) is 7.55. The Hall–Kier alpha value is -3.14. The number of carbonyl (C=O) groups excluding carboxylic acids is 1. The molecule has 0 saturated carbocycles. The fourth-order valence-corrected chi connectivity index (χ4v) is 4.48. The van der Waals surface area contributed by atoms with E-state index in [0.717, 1.165) is 63.3 Å². The van der Waals surface area contributed by atoms with Crippen LogP contribution in [0.25, 0.3) is 10.9 Å². The number of fused-ring (bicyclic) bond motifs is 3. The summed E-state index contributed by atoms with van der Waals surface area (Å²) in [6, 6.07) is 16.4. The minimum Gasteiger partial charge on any atom is -0.497 e. The molecule has 4 heteroatoms. The molecule has 0 fully saturated rings. The van der Waals surface area contributed by atoms with Crippen LogP contribution < -0.4 is 10.1 Å². The lowest BCUT2D eigenvalue weighted by Gasteiger charge is -2.34. The Labute approximate surface area is 164 Å². The Balaban J connectivity index is 1.76. The van der Waals surface area contributed by atoms with Crippen LogP contribution in [0.5, 0.6) is 5.75 Å². The van der Waals surface area contributed by atoms with Crippen molar-refractivity contribution in [2.45, 2.75) is 32.1 Å². The van der Waals surface area contributed by atoms with Gasteiger partial charge in [-0.15, -0.1) is 0 Å². The van der Waals surface area contributed by atoms with Gasteiger partial charge in [-0.1, -0.05) is 18.2 Å². The predicted molar refractivity (Wildman–Crippen MR) is 111 cm³/mol. The Morgan fingerprint density at radius 3 is 2.64 bits per heavy atom. The number of nitrogens with one attached hydrogen (secondary N) is 1. The van der Waals surface area contributed by atoms with E-state index < -0.39 is 0 Å². The molecule has 3 aromatic rings. The van der Waals surface area contributed by atoms with E-state index in [9.17, 15) is 4.79 Å². The third-order valence-corrected chi connectivity index (χ3v) is 5.82. The first-order chi connectivity index (χ1) is 13.7. The molecule has 0 amide bonds. The van der Waals surface area contributed by atoms with Crippen molar-refractivity contribution in [3.8, 4) is 5.75 Å². The molecule has 1 atom stereocenters. The van der Waals surface area contributed by atoms with E-state index in [1.165, 1.54) is 0 Å². The molecule has 1 aromatic heterocycles. The van der Waals surface area contributed by atoms with Gasteiger partial charge in [-0.3, -0.25) is 9.78 Å². The van der Waals surface area contributed by atoms with E-state index in [4.69, 9.17) is 4.74 Å². The molecule has 0 bridgehead atoms. The molecule has 0 spiro atoms. The summed E-state index contributed by atoms with van der Waals surface area (Å²) in [4.78, 5) is 17.6. The van der Waals surface area contributed by atoms with Crippen LogP contribution in [-0.4, -0.2) is 17.9 Å². The summed E-state index contributed by atoms with van der Waals surface area (Å²) in [5.74, 6) is 1.01. The number of carbonyl (C=O) groups is 1. The number of anilines is 1. The standard InChI is InChI=1S/C24H22N2O2/c1-14-6-11-17-19(25-14)13-12-18-22(15-7-9-16(28-2)10-8-15)23-20(26-24(17)18)4-3-5-21(23)27/h6-13,22,26H,3-5H2,1-2H3/t22-/m1/s1. The number of benzene rings is 2. The van der Waals surface area contributed by atoms with Crippen LogP contribution in [0.4, 0.5) is 5.69 Å². The van der Waals surface area contributed by atoms with Crippen LogP contribution in [-0.2, 0) is 4.79 Å². The lowest BCUT2D eigenvalue weighted by molar-refractivity contribution is -0.116. The topological polar surface area (TPSA) is 51.2 Å². The number of ether oxygens (including phenoxy) is 1. The smallest absolute Gasteiger partial charge is 0.161 e. The summed E-state index contributed by atoms with van der Waals surface area (Å²) >= 11 is 0. The molecule has 1 N–H and O–H groups in total. The summed E-state index contributed by atoms with van der Waals surface area (Å²) in [5, 5.41) is 4.71. The molecule has 2 aliphatic rings. The number of Topliss-reactive ketones (excluding diaryl/α,β-unsaturated/α-hetero) is 1. The number of aryl methyl sites for hydroxylation is 1. The zero-order valence-electron chi connectivity index (χ0n) is 16.1. The molecule has 2 heterocycles. The van der Waals surface area contributed by atoms with Gasteiger partial charge in [0.1, 0.15) is 5.75 Å². The molecule has 4 nitrogen and oxygen atoms in total. The van der Waals surface area contributed by atoms with Gasteiger partial charge in [0, 0.05) is 34.7 Å². The number of hydrogen-bond donors (Lipinski definition) is 1. The average molecular weight is 370 g/mol. The predicted octanol–water partition coefficient (Wildman–Crippen LogP) is 5.12. The van der Waals surface area contributed by atoms with Crippen LogP contribution in [0.1, 0.15) is 42.0 Å². The monoisotopic (exact) mass is 370 g/mol. The minimum absolute atomic E-state index is 0.0596. The Morgan fingerprint density at radius 1 is 1.04 bits per heavy atom. The fourth-order valence-electron chi connectivity index (χ4n) is 4.48. The van der Waals surface area contributed by atoms with Gasteiger partial charge >= 0.3 is 0 Å². The molecule has 28 heavy (non-hydrogen) atoms. The van der Waals surface area contributed by atoms with Crippen molar-refractivity contribution in [1.29, 1.82) is 0 Å². The Bertz CT molecular complexity index is 1130. The highest BCUT2D eigenvalue weighted by atomic mass is 16.5. The van der Waals surface area contributed by atoms with Gasteiger partial charge in [-0.05, 0) is 61.2 Å². The number of ketones is 1. The van der Waals surface area contributed by atoms with Gasteiger partial charge in [0.2, 0.25) is 0 Å². The number of rotatable bonds is 2. The van der Waals surface area contributed by atoms with Crippen molar-refractivity contribution in [1.82, 2.24) is 4.98 Å². The van der Waals surface area contributed by atoms with Gasteiger partial charge in [0.05, 0.1) is 18.3 Å². The van der Waals surface area contributed by atoms with Crippen LogP contribution in [0.15, 0.2) is 59.8 Å². The van der Waals surface area contributed by atoms with Crippen LogP contribution in [0, 0.1) is 6.92 Å². The quantitative estimate of drug-likeness (QED) is 0.680. The van der Waals surface area contributed by atoms with E-state index in [0.29, 0.717) is 6.42 Å². The van der Waals surface area contributed by atoms with Crippen molar-refractivity contribution in [2.24, 2.45) is 0 Å². The molecule has 140 valence electrons. The number of hydrogen-bond acceptors (Lipinski definition) is 4. The summed E-state index contributed by atoms with van der Waals surface area (Å²) in [5.41, 5.74) is 7.30. The maximum atomic E-state index is 12.9. The first-order valence-electron chi connectivity index (χ1n) is 9.73. The summed E-state index contributed by atoms with van der Waals surface area (Å²) in [6.45, 7) is 2.01. The highest BCUT2D eigenvalue weighted by Gasteiger charge is 2.35. The SMILES string of the molecule is COc1ccc([C@H]2C3=C(CCCC3=O)Nc3c2ccc2nc(C)ccc32)cc1. The molecule has 5 rings (SSSR count). The summed E-state index contributed by atoms with van der Waals surface area (Å²) in [7, 11) is 1.67. The second kappa shape index (κ2) is 6.48. The number of pyridine rings is 1. The molecule has 0 radical (unpaired) electrons. The van der Waals surface area contributed by atoms with E-state index in [-0.39, 0.29) is 11.7 Å². The maximum absolute atomic E-state index is 12.9. The molecule has 2 aromatic carbocycles. The number of allylic oxidation sites excluding steroid dienone is 2. The first-order valence-corrected chi connectivity index (χ1v) is 9.73. The van der Waals surface area contributed by atoms with Crippen LogP contribution in [0.2, 0.25) is 0 Å². The zero-order chi connectivity index (χ0) is 19.3. The van der Waals surface area contributed by atoms with Crippen LogP contribution >= 0.6 is 0 Å². The fraction of sp³-hybridized carbons (Fsp3) is 0.250. The molecular weight excluding hydrogens is 348 g/mol. The number of aromatic nitrogens is 1. The van der Waals surface area contributed by atoms with E-state index in [1.54, 1.807) is 7.11 Å². The third-order valence-electron chi connectivity index (χ3n) is 5.82. The highest BCUT2D eigenvalue weighted by Crippen LogP contribution is 2.47. The van der Waals surface area contributed by atoms with E-state index in [2.05, 4.69) is 40.6 Å². The van der Waals surface area contributed by atoms with Gasteiger partial charge in [-0.2, -0.15) is 0 Å². The maximum Gasteiger partial charge on any atom is 0.161 e. The zero-order valence-corrected chi connectivity index (χ0v) is 16.1. The van der Waals surface area contributed by atoms with Gasteiger partial charge in [-0.25, -0.2) is 0 Å². The van der Waals surface area contributed by atoms with Crippen molar-refractivity contribution in [3.63, 3.8) is 0 Å². The van der Waals surface area contributed by atoms with Gasteiger partial charge in [0.25, 0.3) is 0 Å². The van der Waals surface area contributed by atoms with E-state index in [1.807, 2.05) is 25.1 Å². The number of nitrogens with zero attached hydrogens (tertiary/aromatic N) is 1. The molecule has 1 aliphatic heterocycles. The third kappa shape index (κ3) is 2.60. The number of methoxy groups -OCH3 is 1. The molecule has 0 unspecified atom stereocenters. The van der Waals surface area contributed by atoms with Crippen molar-refractivity contribution in [3.05, 3.63) is 76.6 Å². The Kier molecular flexibility index (Phi) is 3.93. The van der Waals surface area contributed by atoms with Crippen molar-refractivity contribution >= 4 is 22.4 Å². The van der Waals surface area contributed by atoms with Crippen molar-refractivity contribution < 1.29 is 9.53 Å². The molecule has 1 aliphatic carbocycles. The second-order valence-corrected chi connectivity index (χ2v) is 7.55. The molecular formula is C24H22N2O2. The largest absolute Gasteiger partial charge is 0.497 e. The van der Waals surface area contributed by atoms with Gasteiger partial charge < -0.3 is 10.1 Å². The summed E-state index contributed by atoms with van der Waals surface area (Å²) < 4.78 is 5.32. The minimum atomic E-state index is -0.0596. The molecule has 0 saturated heterocycles. The van der Waals surface area contributed by atoms with Crippen LogP contribution in [0.3, 0.4) is 0 Å². The van der Waals surface area contributed by atoms with E-state index >= 15 is 0 Å². The lowest BCUT2D eigenvalue weighted by Crippen LogP contribution is -2.27. The lowest BCUT2D eigenvalue weighted by atomic mass is 9.75. The summed E-state index contributed by atoms with van der Waals surface area (Å²) in [6.07, 6.45) is 2.43. The highest BCUT2D eigenvalue weighted by molar-refractivity contribution is 6.04. The van der Waals surface area contributed by atoms with Gasteiger partial charge in [0.15, 0.2) is 5.78 Å². The normalized spacial score (nSPS) is 18.5. The first kappa shape index (κ1) is 17.0. The Morgan fingerprint density at radius 2 is 1.86 bits per heavy atom. The average Bonchev–Trinajstić information content (AvgIpc) is 2.72.